The highest BCUT2D eigenvalue weighted by Gasteiger charge is 2.19. The summed E-state index contributed by atoms with van der Waals surface area (Å²) in [6.07, 6.45) is 6.76. The summed E-state index contributed by atoms with van der Waals surface area (Å²) in [5.41, 5.74) is 0. The average Bonchev–Trinajstić information content (AvgIpc) is 2.50. The minimum absolute atomic E-state index is 0.237. The van der Waals surface area contributed by atoms with Crippen molar-refractivity contribution in [2.75, 3.05) is 13.2 Å². The molecule has 1 aliphatic carbocycles. The molecule has 1 aliphatic rings. The van der Waals surface area contributed by atoms with E-state index in [0.717, 1.165) is 18.9 Å². The minimum atomic E-state index is -3.83. The first-order chi connectivity index (χ1) is 10.5. The number of benzene rings is 1. The van der Waals surface area contributed by atoms with E-state index in [-0.39, 0.29) is 11.4 Å². The Bertz CT molecular complexity index is 588. The third kappa shape index (κ3) is 5.30. The van der Waals surface area contributed by atoms with E-state index in [9.17, 15) is 12.8 Å². The van der Waals surface area contributed by atoms with E-state index in [0.29, 0.717) is 23.6 Å². The fourth-order valence-electron chi connectivity index (χ4n) is 2.52. The lowest BCUT2D eigenvalue weighted by Crippen LogP contribution is -2.27. The molecule has 0 bridgehead atoms. The SMILES string of the molecule is O=S(=O)(NCCCOC1CCCCC1)c1cc(Br)ccc1F. The molecule has 0 aliphatic heterocycles. The summed E-state index contributed by atoms with van der Waals surface area (Å²) in [5, 5.41) is 0. The summed E-state index contributed by atoms with van der Waals surface area (Å²) in [6, 6.07) is 3.85. The zero-order valence-corrected chi connectivity index (χ0v) is 14.8. The molecule has 0 amide bonds. The van der Waals surface area contributed by atoms with Gasteiger partial charge in [-0.25, -0.2) is 17.5 Å². The lowest BCUT2D eigenvalue weighted by Gasteiger charge is -2.21. The van der Waals surface area contributed by atoms with E-state index < -0.39 is 15.8 Å². The molecule has 1 aromatic carbocycles. The summed E-state index contributed by atoms with van der Waals surface area (Å²) >= 11 is 3.15. The number of hydrogen-bond donors (Lipinski definition) is 1. The van der Waals surface area contributed by atoms with Crippen LogP contribution in [0, 0.1) is 5.82 Å². The van der Waals surface area contributed by atoms with Crippen LogP contribution in [0.25, 0.3) is 0 Å². The molecule has 1 aromatic rings. The monoisotopic (exact) mass is 393 g/mol. The molecule has 2 rings (SSSR count). The first kappa shape index (κ1) is 17.8. The normalized spacial score (nSPS) is 16.8. The molecular weight excluding hydrogens is 373 g/mol. The lowest BCUT2D eigenvalue weighted by molar-refractivity contribution is 0.0278. The van der Waals surface area contributed by atoms with Crippen molar-refractivity contribution in [3.63, 3.8) is 0 Å². The van der Waals surface area contributed by atoms with Gasteiger partial charge < -0.3 is 4.74 Å². The van der Waals surface area contributed by atoms with Crippen LogP contribution in [0.4, 0.5) is 4.39 Å². The Kier molecular flexibility index (Phi) is 6.80. The zero-order valence-electron chi connectivity index (χ0n) is 12.4. The highest BCUT2D eigenvalue weighted by Crippen LogP contribution is 2.21. The van der Waals surface area contributed by atoms with Crippen LogP contribution in [0.5, 0.6) is 0 Å². The quantitative estimate of drug-likeness (QED) is 0.719. The summed E-state index contributed by atoms with van der Waals surface area (Å²) in [6.45, 7) is 0.759. The van der Waals surface area contributed by atoms with Gasteiger partial charge >= 0.3 is 0 Å². The second-order valence-electron chi connectivity index (χ2n) is 5.46. The summed E-state index contributed by atoms with van der Waals surface area (Å²) in [4.78, 5) is -0.338. The van der Waals surface area contributed by atoms with Gasteiger partial charge in [0, 0.05) is 17.6 Å². The van der Waals surface area contributed by atoms with E-state index in [1.54, 1.807) is 0 Å². The third-order valence-electron chi connectivity index (χ3n) is 3.70. The lowest BCUT2D eigenvalue weighted by atomic mass is 9.98. The van der Waals surface area contributed by atoms with Crippen LogP contribution >= 0.6 is 15.9 Å². The summed E-state index contributed by atoms with van der Waals surface area (Å²) in [5.74, 6) is -0.755. The Balaban J connectivity index is 1.76. The Morgan fingerprint density at radius 3 is 2.73 bits per heavy atom. The topological polar surface area (TPSA) is 55.4 Å². The van der Waals surface area contributed by atoms with Crippen LogP contribution in [0.2, 0.25) is 0 Å². The van der Waals surface area contributed by atoms with Crippen molar-refractivity contribution in [2.45, 2.75) is 49.5 Å². The molecule has 124 valence electrons. The van der Waals surface area contributed by atoms with Gasteiger partial charge in [0.25, 0.3) is 0 Å². The fraction of sp³-hybridized carbons (Fsp3) is 0.600. The van der Waals surface area contributed by atoms with Gasteiger partial charge in [-0.15, -0.1) is 0 Å². The molecule has 0 saturated heterocycles. The molecule has 0 unspecified atom stereocenters. The number of sulfonamides is 1. The molecule has 4 nitrogen and oxygen atoms in total. The highest BCUT2D eigenvalue weighted by molar-refractivity contribution is 9.10. The van der Waals surface area contributed by atoms with Crippen LogP contribution in [0.1, 0.15) is 38.5 Å². The second-order valence-corrected chi connectivity index (χ2v) is 8.11. The van der Waals surface area contributed by atoms with Crippen molar-refractivity contribution in [3.8, 4) is 0 Å². The smallest absolute Gasteiger partial charge is 0.243 e. The van der Waals surface area contributed by atoms with E-state index in [2.05, 4.69) is 20.7 Å². The fourth-order valence-corrected chi connectivity index (χ4v) is 4.21. The number of nitrogens with one attached hydrogen (secondary N) is 1. The maximum absolute atomic E-state index is 13.6. The van der Waals surface area contributed by atoms with Crippen LogP contribution in [0.15, 0.2) is 27.6 Å². The zero-order chi connectivity index (χ0) is 16.0. The van der Waals surface area contributed by atoms with Crippen LogP contribution in [-0.2, 0) is 14.8 Å². The highest BCUT2D eigenvalue weighted by atomic mass is 79.9. The Morgan fingerprint density at radius 2 is 2.00 bits per heavy atom. The number of rotatable bonds is 7. The first-order valence-electron chi connectivity index (χ1n) is 7.55. The molecule has 22 heavy (non-hydrogen) atoms. The molecule has 0 atom stereocenters. The second kappa shape index (κ2) is 8.38. The molecule has 0 radical (unpaired) electrons. The van der Waals surface area contributed by atoms with E-state index in [1.807, 2.05) is 0 Å². The van der Waals surface area contributed by atoms with Gasteiger partial charge in [0.15, 0.2) is 0 Å². The maximum Gasteiger partial charge on any atom is 0.243 e. The average molecular weight is 394 g/mol. The van der Waals surface area contributed by atoms with Gasteiger partial charge in [0.2, 0.25) is 10.0 Å². The van der Waals surface area contributed by atoms with Crippen molar-refractivity contribution in [2.24, 2.45) is 0 Å². The number of hydrogen-bond acceptors (Lipinski definition) is 3. The Morgan fingerprint density at radius 1 is 1.27 bits per heavy atom. The van der Waals surface area contributed by atoms with Crippen LogP contribution in [0.3, 0.4) is 0 Å². The molecule has 1 fully saturated rings. The van der Waals surface area contributed by atoms with Gasteiger partial charge in [0.05, 0.1) is 6.10 Å². The predicted octanol–water partition coefficient (Wildman–Crippen LogP) is 3.61. The Hall–Kier alpha value is -0.500. The van der Waals surface area contributed by atoms with Gasteiger partial charge in [0.1, 0.15) is 10.7 Å². The number of ether oxygens (including phenoxy) is 1. The van der Waals surface area contributed by atoms with Gasteiger partial charge in [-0.1, -0.05) is 35.2 Å². The van der Waals surface area contributed by atoms with E-state index >= 15 is 0 Å². The summed E-state index contributed by atoms with van der Waals surface area (Å²) in [7, 11) is -3.83. The van der Waals surface area contributed by atoms with Crippen molar-refractivity contribution in [3.05, 3.63) is 28.5 Å². The van der Waals surface area contributed by atoms with Crippen molar-refractivity contribution >= 4 is 26.0 Å². The van der Waals surface area contributed by atoms with Crippen LogP contribution in [-0.4, -0.2) is 27.7 Å². The largest absolute Gasteiger partial charge is 0.378 e. The molecule has 0 spiro atoms. The molecule has 1 saturated carbocycles. The predicted molar refractivity (Wildman–Crippen MR) is 86.7 cm³/mol. The molecular formula is C15H21BrFNO3S. The van der Waals surface area contributed by atoms with Gasteiger partial charge in [-0.2, -0.15) is 0 Å². The van der Waals surface area contributed by atoms with Crippen molar-refractivity contribution < 1.29 is 17.5 Å². The molecule has 0 heterocycles. The first-order valence-corrected chi connectivity index (χ1v) is 9.83. The van der Waals surface area contributed by atoms with Crippen molar-refractivity contribution in [1.82, 2.24) is 4.72 Å². The van der Waals surface area contributed by atoms with Crippen LogP contribution < -0.4 is 4.72 Å². The molecule has 7 heteroatoms. The minimum Gasteiger partial charge on any atom is -0.378 e. The standard InChI is InChI=1S/C15H21BrFNO3S/c16-12-7-8-14(17)15(11-12)22(19,20)18-9-4-10-21-13-5-2-1-3-6-13/h7-8,11,13,18H,1-6,9-10H2. The molecule has 0 aromatic heterocycles. The summed E-state index contributed by atoms with van der Waals surface area (Å²) < 4.78 is 46.4. The van der Waals surface area contributed by atoms with E-state index in [1.165, 1.54) is 31.4 Å². The van der Waals surface area contributed by atoms with Gasteiger partial charge in [-0.05, 0) is 37.5 Å². The number of halogens is 2. The van der Waals surface area contributed by atoms with E-state index in [4.69, 9.17) is 4.74 Å². The van der Waals surface area contributed by atoms with Crippen molar-refractivity contribution in [1.29, 1.82) is 0 Å². The maximum atomic E-state index is 13.6. The Labute approximate surface area is 139 Å². The third-order valence-corrected chi connectivity index (χ3v) is 5.67. The molecule has 1 N–H and O–H groups in total. The van der Waals surface area contributed by atoms with Gasteiger partial charge in [-0.3, -0.25) is 0 Å².